The van der Waals surface area contributed by atoms with Gasteiger partial charge >= 0.3 is 0 Å². The van der Waals surface area contributed by atoms with E-state index in [2.05, 4.69) is 15.6 Å². The third kappa shape index (κ3) is 7.69. The smallest absolute Gasteiger partial charge is 0.243 e. The van der Waals surface area contributed by atoms with Crippen LogP contribution in [0, 0.1) is 5.82 Å². The zero-order chi connectivity index (χ0) is 21.2. The first-order valence-corrected chi connectivity index (χ1v) is 9.15. The van der Waals surface area contributed by atoms with Gasteiger partial charge < -0.3 is 25.0 Å². The summed E-state index contributed by atoms with van der Waals surface area (Å²) in [5.74, 6) is 1.38. The number of nitrogens with zero attached hydrogens (tertiary/aromatic N) is 2. The van der Waals surface area contributed by atoms with E-state index in [4.69, 9.17) is 9.47 Å². The molecule has 2 aromatic carbocycles. The standard InChI is InChI=1S/C21H27FN4O3.HI/c1-23-21(24-14-20(27)25-17-8-6-16(22)7-9-17)26(2)12-11-15-5-10-18(28-3)19(13-15)29-4;/h5-10,13H,11-12,14H2,1-4H3,(H,23,24)(H,25,27);1H. The van der Waals surface area contributed by atoms with Crippen molar-refractivity contribution in [3.63, 3.8) is 0 Å². The first-order chi connectivity index (χ1) is 14.0. The van der Waals surface area contributed by atoms with Crippen LogP contribution >= 0.6 is 24.0 Å². The Morgan fingerprint density at radius 1 is 1.10 bits per heavy atom. The molecule has 0 aromatic heterocycles. The highest BCUT2D eigenvalue weighted by Crippen LogP contribution is 2.27. The van der Waals surface area contributed by atoms with Crippen LogP contribution in [0.1, 0.15) is 5.56 Å². The van der Waals surface area contributed by atoms with E-state index < -0.39 is 0 Å². The summed E-state index contributed by atoms with van der Waals surface area (Å²) in [7, 11) is 6.77. The highest BCUT2D eigenvalue weighted by atomic mass is 127. The quantitative estimate of drug-likeness (QED) is 0.312. The second-order valence-electron chi connectivity index (χ2n) is 6.32. The zero-order valence-electron chi connectivity index (χ0n) is 17.6. The predicted molar refractivity (Wildman–Crippen MR) is 128 cm³/mol. The van der Waals surface area contributed by atoms with Gasteiger partial charge in [0.2, 0.25) is 5.91 Å². The highest BCUT2D eigenvalue weighted by Gasteiger charge is 2.10. The Kier molecular flexibility index (Phi) is 10.9. The summed E-state index contributed by atoms with van der Waals surface area (Å²) in [4.78, 5) is 18.2. The lowest BCUT2D eigenvalue weighted by molar-refractivity contribution is -0.115. The lowest BCUT2D eigenvalue weighted by Crippen LogP contribution is -2.43. The number of guanidine groups is 1. The van der Waals surface area contributed by atoms with Crippen LogP contribution in [0.4, 0.5) is 10.1 Å². The van der Waals surface area contributed by atoms with E-state index in [0.717, 1.165) is 12.0 Å². The van der Waals surface area contributed by atoms with Gasteiger partial charge in [0.25, 0.3) is 0 Å². The molecule has 0 aliphatic rings. The zero-order valence-corrected chi connectivity index (χ0v) is 19.9. The van der Waals surface area contributed by atoms with Crippen molar-refractivity contribution in [3.05, 3.63) is 53.8 Å². The molecule has 0 aliphatic heterocycles. The van der Waals surface area contributed by atoms with Gasteiger partial charge in [-0.2, -0.15) is 0 Å². The molecule has 2 rings (SSSR count). The predicted octanol–water partition coefficient (Wildman–Crippen LogP) is 3.15. The van der Waals surface area contributed by atoms with Crippen LogP contribution in [-0.2, 0) is 11.2 Å². The van der Waals surface area contributed by atoms with Crippen molar-refractivity contribution in [2.45, 2.75) is 6.42 Å². The summed E-state index contributed by atoms with van der Waals surface area (Å²) in [5.41, 5.74) is 1.63. The first kappa shape index (κ1) is 25.5. The van der Waals surface area contributed by atoms with Crippen LogP contribution < -0.4 is 20.1 Å². The third-order valence-electron chi connectivity index (χ3n) is 4.29. The second kappa shape index (κ2) is 12.9. The fraction of sp³-hybridized carbons (Fsp3) is 0.333. The monoisotopic (exact) mass is 530 g/mol. The number of carbonyl (C=O) groups excluding carboxylic acids is 1. The maximum Gasteiger partial charge on any atom is 0.243 e. The Labute approximate surface area is 193 Å². The third-order valence-corrected chi connectivity index (χ3v) is 4.29. The maximum absolute atomic E-state index is 12.9. The molecular weight excluding hydrogens is 502 g/mol. The minimum Gasteiger partial charge on any atom is -0.493 e. The van der Waals surface area contributed by atoms with Crippen molar-refractivity contribution in [3.8, 4) is 11.5 Å². The van der Waals surface area contributed by atoms with Gasteiger partial charge in [-0.3, -0.25) is 9.79 Å². The van der Waals surface area contributed by atoms with Crippen LogP contribution in [-0.4, -0.2) is 58.2 Å². The topological polar surface area (TPSA) is 75.2 Å². The molecule has 0 heterocycles. The summed E-state index contributed by atoms with van der Waals surface area (Å²) in [5, 5.41) is 5.72. The molecule has 7 nitrogen and oxygen atoms in total. The average molecular weight is 530 g/mol. The van der Waals surface area contributed by atoms with Crippen LogP contribution in [0.5, 0.6) is 11.5 Å². The molecule has 0 saturated heterocycles. The van der Waals surface area contributed by atoms with Gasteiger partial charge in [-0.05, 0) is 48.4 Å². The Hall–Kier alpha value is -2.56. The molecule has 30 heavy (non-hydrogen) atoms. The van der Waals surface area contributed by atoms with Gasteiger partial charge in [-0.15, -0.1) is 24.0 Å². The number of carbonyl (C=O) groups is 1. The lowest BCUT2D eigenvalue weighted by atomic mass is 10.1. The molecule has 0 saturated carbocycles. The lowest BCUT2D eigenvalue weighted by Gasteiger charge is -2.22. The molecule has 2 N–H and O–H groups in total. The summed E-state index contributed by atoms with van der Waals surface area (Å²) < 4.78 is 23.5. The van der Waals surface area contributed by atoms with Crippen molar-refractivity contribution >= 4 is 41.5 Å². The van der Waals surface area contributed by atoms with E-state index in [1.54, 1.807) is 21.3 Å². The number of benzene rings is 2. The molecule has 0 atom stereocenters. The molecule has 164 valence electrons. The molecule has 0 fully saturated rings. The molecule has 9 heteroatoms. The van der Waals surface area contributed by atoms with Gasteiger partial charge in [0, 0.05) is 26.3 Å². The Morgan fingerprint density at radius 2 is 1.77 bits per heavy atom. The largest absolute Gasteiger partial charge is 0.493 e. The SMILES string of the molecule is CN=C(NCC(=O)Nc1ccc(F)cc1)N(C)CCc1ccc(OC)c(OC)c1.I. The molecule has 2 aromatic rings. The van der Waals surface area contributed by atoms with Crippen molar-refractivity contribution in [2.24, 2.45) is 4.99 Å². The summed E-state index contributed by atoms with van der Waals surface area (Å²) in [6.45, 7) is 0.736. The van der Waals surface area contributed by atoms with Gasteiger partial charge in [-0.1, -0.05) is 6.07 Å². The molecular formula is C21H28FIN4O3. The maximum atomic E-state index is 12.9. The van der Waals surface area contributed by atoms with Crippen molar-refractivity contribution < 1.29 is 18.7 Å². The number of likely N-dealkylation sites (N-methyl/N-ethyl adjacent to an activating group) is 1. The number of anilines is 1. The van der Waals surface area contributed by atoms with Gasteiger partial charge in [0.1, 0.15) is 5.82 Å². The summed E-state index contributed by atoms with van der Waals surface area (Å²) >= 11 is 0. The van der Waals surface area contributed by atoms with Crippen LogP contribution in [0.25, 0.3) is 0 Å². The van der Waals surface area contributed by atoms with E-state index >= 15 is 0 Å². The number of ether oxygens (including phenoxy) is 2. The molecule has 1 amide bonds. The number of hydrogen-bond donors (Lipinski definition) is 2. The normalized spacial score (nSPS) is 10.6. The van der Waals surface area contributed by atoms with E-state index in [1.807, 2.05) is 30.1 Å². The molecule has 0 spiro atoms. The molecule has 0 bridgehead atoms. The van der Waals surface area contributed by atoms with Gasteiger partial charge in [0.15, 0.2) is 17.5 Å². The summed E-state index contributed by atoms with van der Waals surface area (Å²) in [6, 6.07) is 11.4. The molecule has 0 aliphatic carbocycles. The number of hydrogen-bond acceptors (Lipinski definition) is 4. The number of aliphatic imine (C=N–C) groups is 1. The highest BCUT2D eigenvalue weighted by molar-refractivity contribution is 14.0. The first-order valence-electron chi connectivity index (χ1n) is 9.15. The number of amides is 1. The Morgan fingerprint density at radius 3 is 2.37 bits per heavy atom. The van der Waals surface area contributed by atoms with Crippen LogP contribution in [0.2, 0.25) is 0 Å². The van der Waals surface area contributed by atoms with E-state index in [9.17, 15) is 9.18 Å². The number of methoxy groups -OCH3 is 2. The van der Waals surface area contributed by atoms with Crippen molar-refractivity contribution in [2.75, 3.05) is 46.7 Å². The number of halogens is 2. The molecule has 0 radical (unpaired) electrons. The number of rotatable bonds is 8. The van der Waals surface area contributed by atoms with Gasteiger partial charge in [0.05, 0.1) is 20.8 Å². The van der Waals surface area contributed by atoms with E-state index in [0.29, 0.717) is 29.7 Å². The fourth-order valence-corrected chi connectivity index (χ4v) is 2.72. The summed E-state index contributed by atoms with van der Waals surface area (Å²) in [6.07, 6.45) is 0.763. The van der Waals surface area contributed by atoms with E-state index in [-0.39, 0.29) is 42.2 Å². The van der Waals surface area contributed by atoms with Crippen molar-refractivity contribution in [1.82, 2.24) is 10.2 Å². The van der Waals surface area contributed by atoms with Crippen molar-refractivity contribution in [1.29, 1.82) is 0 Å². The Bertz CT molecular complexity index is 847. The van der Waals surface area contributed by atoms with Crippen LogP contribution in [0.15, 0.2) is 47.5 Å². The van der Waals surface area contributed by atoms with Gasteiger partial charge in [-0.25, -0.2) is 4.39 Å². The average Bonchev–Trinajstić information content (AvgIpc) is 2.74. The van der Waals surface area contributed by atoms with E-state index in [1.165, 1.54) is 24.3 Å². The Balaban J connectivity index is 0.00000450. The second-order valence-corrected chi connectivity index (χ2v) is 6.32. The minimum atomic E-state index is -0.349. The molecule has 0 unspecified atom stereocenters. The fourth-order valence-electron chi connectivity index (χ4n) is 2.72. The minimum absolute atomic E-state index is 0. The van der Waals surface area contributed by atoms with Crippen LogP contribution in [0.3, 0.4) is 0 Å². The number of nitrogens with one attached hydrogen (secondary N) is 2.